The largest absolute Gasteiger partial charge is 0.392 e. The molecule has 80 valence electrons. The molecule has 3 nitrogen and oxygen atoms in total. The Hall–Kier alpha value is -1.42. The van der Waals surface area contributed by atoms with E-state index in [0.29, 0.717) is 12.1 Å². The lowest BCUT2D eigenvalue weighted by atomic mass is 10.0. The Labute approximate surface area is 87.2 Å². The van der Waals surface area contributed by atoms with Gasteiger partial charge in [0.1, 0.15) is 5.82 Å². The van der Waals surface area contributed by atoms with Crippen molar-refractivity contribution < 1.29 is 14.3 Å². The van der Waals surface area contributed by atoms with E-state index in [1.165, 1.54) is 12.1 Å². The van der Waals surface area contributed by atoms with Gasteiger partial charge in [-0.15, -0.1) is 0 Å². The van der Waals surface area contributed by atoms with Crippen LogP contribution in [0.3, 0.4) is 0 Å². The first-order chi connectivity index (χ1) is 7.20. The van der Waals surface area contributed by atoms with Crippen LogP contribution < -0.4 is 0 Å². The quantitative estimate of drug-likeness (QED) is 0.804. The molecule has 1 heterocycles. The molecule has 1 aromatic carbocycles. The predicted molar refractivity (Wildman–Crippen MR) is 54.2 cm³/mol. The molecule has 1 aliphatic rings. The number of aryl methyl sites for hydroxylation is 1. The molecule has 0 amide bonds. The summed E-state index contributed by atoms with van der Waals surface area (Å²) < 4.78 is 13.0. The Bertz CT molecular complexity index is 404. The molecule has 0 fully saturated rings. The summed E-state index contributed by atoms with van der Waals surface area (Å²) in [4.78, 5) is 4.98. The van der Waals surface area contributed by atoms with Crippen LogP contribution in [-0.2, 0) is 4.84 Å². The molecule has 1 unspecified atom stereocenters. The minimum Gasteiger partial charge on any atom is -0.392 e. The average molecular weight is 209 g/mol. The van der Waals surface area contributed by atoms with E-state index in [1.807, 2.05) is 6.92 Å². The predicted octanol–water partition coefficient (Wildman–Crippen LogP) is 1.62. The fourth-order valence-corrected chi connectivity index (χ4v) is 1.59. The molecule has 0 saturated carbocycles. The molecule has 1 aromatic rings. The van der Waals surface area contributed by atoms with E-state index in [9.17, 15) is 4.39 Å². The summed E-state index contributed by atoms with van der Waals surface area (Å²) >= 11 is 0. The van der Waals surface area contributed by atoms with Crippen LogP contribution in [0.2, 0.25) is 0 Å². The number of hydrogen-bond acceptors (Lipinski definition) is 3. The van der Waals surface area contributed by atoms with Crippen LogP contribution in [0.1, 0.15) is 17.5 Å². The molecule has 0 spiro atoms. The molecule has 15 heavy (non-hydrogen) atoms. The van der Waals surface area contributed by atoms with Crippen LogP contribution in [0.5, 0.6) is 0 Å². The summed E-state index contributed by atoms with van der Waals surface area (Å²) in [5, 5.41) is 12.7. The highest BCUT2D eigenvalue weighted by molar-refractivity contribution is 6.02. The SMILES string of the molecule is Cc1ccc(F)cc1C1=NOC(CO)C1. The van der Waals surface area contributed by atoms with E-state index < -0.39 is 0 Å². The number of aliphatic hydroxyl groups excluding tert-OH is 1. The maximum absolute atomic E-state index is 13.0. The van der Waals surface area contributed by atoms with Crippen LogP contribution in [-0.4, -0.2) is 23.5 Å². The van der Waals surface area contributed by atoms with Gasteiger partial charge >= 0.3 is 0 Å². The Morgan fingerprint density at radius 2 is 2.40 bits per heavy atom. The second kappa shape index (κ2) is 3.98. The van der Waals surface area contributed by atoms with Crippen molar-refractivity contribution in [1.29, 1.82) is 0 Å². The lowest BCUT2D eigenvalue weighted by Crippen LogP contribution is -2.13. The third-order valence-corrected chi connectivity index (χ3v) is 2.45. The lowest BCUT2D eigenvalue weighted by molar-refractivity contribution is 0.0390. The van der Waals surface area contributed by atoms with Crippen molar-refractivity contribution in [2.24, 2.45) is 5.16 Å². The van der Waals surface area contributed by atoms with E-state index in [-0.39, 0.29) is 18.5 Å². The van der Waals surface area contributed by atoms with E-state index >= 15 is 0 Å². The van der Waals surface area contributed by atoms with Crippen molar-refractivity contribution in [3.05, 3.63) is 35.1 Å². The summed E-state index contributed by atoms with van der Waals surface area (Å²) in [6, 6.07) is 4.56. The minimum absolute atomic E-state index is 0.0681. The molecule has 0 radical (unpaired) electrons. The van der Waals surface area contributed by atoms with Crippen molar-refractivity contribution >= 4 is 5.71 Å². The Morgan fingerprint density at radius 1 is 1.60 bits per heavy atom. The van der Waals surface area contributed by atoms with Crippen molar-refractivity contribution in [3.8, 4) is 0 Å². The molecule has 1 aliphatic heterocycles. The van der Waals surface area contributed by atoms with Gasteiger partial charge in [0.2, 0.25) is 0 Å². The van der Waals surface area contributed by atoms with Gasteiger partial charge in [-0.2, -0.15) is 0 Å². The van der Waals surface area contributed by atoms with Crippen LogP contribution in [0.25, 0.3) is 0 Å². The third kappa shape index (κ3) is 1.99. The minimum atomic E-state index is -0.289. The number of halogens is 1. The van der Waals surface area contributed by atoms with Gasteiger partial charge in [0, 0.05) is 12.0 Å². The number of rotatable bonds is 2. The Morgan fingerprint density at radius 3 is 3.07 bits per heavy atom. The second-order valence-electron chi connectivity index (χ2n) is 3.61. The molecule has 0 aliphatic carbocycles. The van der Waals surface area contributed by atoms with Gasteiger partial charge in [0.05, 0.1) is 12.3 Å². The van der Waals surface area contributed by atoms with Crippen molar-refractivity contribution in [1.82, 2.24) is 0 Å². The summed E-state index contributed by atoms with van der Waals surface area (Å²) in [5.41, 5.74) is 2.41. The van der Waals surface area contributed by atoms with Gasteiger partial charge < -0.3 is 9.94 Å². The maximum atomic E-state index is 13.0. The molecule has 1 N–H and O–H groups in total. The van der Waals surface area contributed by atoms with Gasteiger partial charge in [-0.1, -0.05) is 11.2 Å². The normalized spacial score (nSPS) is 19.9. The first-order valence-corrected chi connectivity index (χ1v) is 4.81. The number of benzene rings is 1. The Kier molecular flexibility index (Phi) is 2.68. The molecular weight excluding hydrogens is 197 g/mol. The smallest absolute Gasteiger partial charge is 0.156 e. The molecule has 1 atom stereocenters. The van der Waals surface area contributed by atoms with Crippen molar-refractivity contribution in [2.75, 3.05) is 6.61 Å². The fraction of sp³-hybridized carbons (Fsp3) is 0.364. The van der Waals surface area contributed by atoms with E-state index in [2.05, 4.69) is 5.16 Å². The third-order valence-electron chi connectivity index (χ3n) is 2.45. The number of aliphatic hydroxyl groups is 1. The Balaban J connectivity index is 2.27. The first kappa shape index (κ1) is 10.1. The molecule has 0 aromatic heterocycles. The topological polar surface area (TPSA) is 41.8 Å². The van der Waals surface area contributed by atoms with Crippen LogP contribution >= 0.6 is 0 Å². The highest BCUT2D eigenvalue weighted by atomic mass is 19.1. The highest BCUT2D eigenvalue weighted by Gasteiger charge is 2.22. The van der Waals surface area contributed by atoms with Gasteiger partial charge in [-0.25, -0.2) is 4.39 Å². The van der Waals surface area contributed by atoms with E-state index in [0.717, 1.165) is 11.1 Å². The van der Waals surface area contributed by atoms with E-state index in [1.54, 1.807) is 6.07 Å². The summed E-state index contributed by atoms with van der Waals surface area (Å²) in [6.45, 7) is 1.82. The van der Waals surface area contributed by atoms with Crippen LogP contribution in [0, 0.1) is 12.7 Å². The first-order valence-electron chi connectivity index (χ1n) is 4.81. The summed E-state index contributed by atoms with van der Waals surface area (Å²) in [7, 11) is 0. The van der Waals surface area contributed by atoms with Crippen LogP contribution in [0.15, 0.2) is 23.4 Å². The van der Waals surface area contributed by atoms with E-state index in [4.69, 9.17) is 9.94 Å². The molecule has 4 heteroatoms. The second-order valence-corrected chi connectivity index (χ2v) is 3.61. The summed E-state index contributed by atoms with van der Waals surface area (Å²) in [5.74, 6) is -0.286. The summed E-state index contributed by atoms with van der Waals surface area (Å²) in [6.07, 6.45) is 0.239. The highest BCUT2D eigenvalue weighted by Crippen LogP contribution is 2.19. The van der Waals surface area contributed by atoms with Crippen molar-refractivity contribution in [3.63, 3.8) is 0 Å². The van der Waals surface area contributed by atoms with Gasteiger partial charge in [-0.3, -0.25) is 0 Å². The lowest BCUT2D eigenvalue weighted by Gasteiger charge is -2.04. The zero-order chi connectivity index (χ0) is 10.8. The number of nitrogens with zero attached hydrogens (tertiary/aromatic N) is 1. The van der Waals surface area contributed by atoms with Gasteiger partial charge in [0.25, 0.3) is 0 Å². The van der Waals surface area contributed by atoms with Gasteiger partial charge in [-0.05, 0) is 24.6 Å². The maximum Gasteiger partial charge on any atom is 0.156 e. The molecule has 2 rings (SSSR count). The van der Waals surface area contributed by atoms with Gasteiger partial charge in [0.15, 0.2) is 6.10 Å². The monoisotopic (exact) mass is 209 g/mol. The molecule has 0 saturated heterocycles. The zero-order valence-corrected chi connectivity index (χ0v) is 8.40. The average Bonchev–Trinajstić information content (AvgIpc) is 2.70. The molecular formula is C11H12FNO2. The number of oxime groups is 1. The zero-order valence-electron chi connectivity index (χ0n) is 8.40. The molecule has 0 bridgehead atoms. The standard InChI is InChI=1S/C11H12FNO2/c1-7-2-3-8(12)4-10(7)11-5-9(6-14)15-13-11/h2-4,9,14H,5-6H2,1H3. The number of hydrogen-bond donors (Lipinski definition) is 1. The van der Waals surface area contributed by atoms with Crippen LogP contribution in [0.4, 0.5) is 4.39 Å². The van der Waals surface area contributed by atoms with Crippen molar-refractivity contribution in [2.45, 2.75) is 19.4 Å². The fourth-order valence-electron chi connectivity index (χ4n) is 1.59.